The van der Waals surface area contributed by atoms with E-state index in [0.717, 1.165) is 24.1 Å². The lowest BCUT2D eigenvalue weighted by atomic mass is 9.91. The fourth-order valence-corrected chi connectivity index (χ4v) is 4.32. The molecule has 1 aromatic heterocycles. The Morgan fingerprint density at radius 1 is 1.35 bits per heavy atom. The molecule has 3 N–H and O–H groups in total. The van der Waals surface area contributed by atoms with Crippen LogP contribution in [0.5, 0.6) is 5.75 Å². The number of H-pyrrole nitrogens is 1. The molecule has 0 amide bonds. The summed E-state index contributed by atoms with van der Waals surface area (Å²) in [6.07, 6.45) is 5.87. The first-order valence-electron chi connectivity index (χ1n) is 8.79. The zero-order valence-corrected chi connectivity index (χ0v) is 14.1. The Balaban J connectivity index is 1.52. The van der Waals surface area contributed by atoms with Gasteiger partial charge in [-0.3, -0.25) is 4.90 Å². The van der Waals surface area contributed by atoms with Crippen LogP contribution in [0.3, 0.4) is 0 Å². The Labute approximate surface area is 138 Å². The van der Waals surface area contributed by atoms with Crippen LogP contribution in [0, 0.1) is 18.8 Å². The molecule has 4 rings (SSSR count). The maximum atomic E-state index is 6.02. The molecule has 2 fully saturated rings. The molecule has 2 aliphatic rings. The van der Waals surface area contributed by atoms with Gasteiger partial charge in [0.25, 0.3) is 0 Å². The summed E-state index contributed by atoms with van der Waals surface area (Å²) in [4.78, 5) is 5.94. The van der Waals surface area contributed by atoms with Gasteiger partial charge < -0.3 is 15.5 Å². The van der Waals surface area contributed by atoms with E-state index < -0.39 is 0 Å². The topological polar surface area (TPSA) is 54.3 Å². The average Bonchev–Trinajstić information content (AvgIpc) is 3.09. The molecule has 2 aromatic rings. The van der Waals surface area contributed by atoms with Crippen molar-refractivity contribution >= 4 is 10.9 Å². The number of aromatic nitrogens is 1. The number of hydrogen-bond donors (Lipinski definition) is 2. The van der Waals surface area contributed by atoms with Crippen LogP contribution in [-0.2, 0) is 6.54 Å². The van der Waals surface area contributed by atoms with E-state index in [9.17, 15) is 0 Å². The largest absolute Gasteiger partial charge is 0.496 e. The fraction of sp³-hybridized carbons (Fsp3) is 0.579. The molecule has 0 radical (unpaired) electrons. The van der Waals surface area contributed by atoms with Crippen LogP contribution in [0.1, 0.15) is 30.4 Å². The van der Waals surface area contributed by atoms with Crippen molar-refractivity contribution < 1.29 is 4.74 Å². The van der Waals surface area contributed by atoms with Crippen LogP contribution in [0.2, 0.25) is 0 Å². The molecule has 0 spiro atoms. The van der Waals surface area contributed by atoms with Gasteiger partial charge in [0.05, 0.1) is 7.11 Å². The van der Waals surface area contributed by atoms with Crippen LogP contribution < -0.4 is 10.5 Å². The highest BCUT2D eigenvalue weighted by Crippen LogP contribution is 2.41. The molecule has 4 heteroatoms. The number of likely N-dealkylation sites (tertiary alicyclic amines) is 1. The van der Waals surface area contributed by atoms with Crippen LogP contribution in [0.4, 0.5) is 0 Å². The molecule has 2 unspecified atom stereocenters. The molecule has 1 aromatic carbocycles. The van der Waals surface area contributed by atoms with E-state index in [1.54, 1.807) is 7.11 Å². The summed E-state index contributed by atoms with van der Waals surface area (Å²) < 4.78 is 5.67. The molecule has 1 aliphatic heterocycles. The molecule has 2 atom stereocenters. The van der Waals surface area contributed by atoms with E-state index in [1.807, 2.05) is 6.20 Å². The number of nitrogens with one attached hydrogen (secondary N) is 1. The molecule has 1 aliphatic carbocycles. The Kier molecular flexibility index (Phi) is 3.82. The zero-order valence-electron chi connectivity index (χ0n) is 14.1. The van der Waals surface area contributed by atoms with E-state index >= 15 is 0 Å². The molecule has 23 heavy (non-hydrogen) atoms. The summed E-state index contributed by atoms with van der Waals surface area (Å²) in [5, 5.41) is 1.30. The van der Waals surface area contributed by atoms with Gasteiger partial charge in [-0.2, -0.15) is 0 Å². The van der Waals surface area contributed by atoms with E-state index in [1.165, 1.54) is 54.4 Å². The molecule has 124 valence electrons. The highest BCUT2D eigenvalue weighted by Gasteiger charge is 2.41. The van der Waals surface area contributed by atoms with E-state index in [0.29, 0.717) is 6.04 Å². The van der Waals surface area contributed by atoms with Crippen LogP contribution in [0.25, 0.3) is 10.9 Å². The second kappa shape index (κ2) is 5.84. The highest BCUT2D eigenvalue weighted by atomic mass is 16.5. The molecule has 2 heterocycles. The normalized spacial score (nSPS) is 25.9. The maximum Gasteiger partial charge on any atom is 0.124 e. The Morgan fingerprint density at radius 3 is 2.74 bits per heavy atom. The number of rotatable bonds is 4. The van der Waals surface area contributed by atoms with Crippen molar-refractivity contribution in [2.24, 2.45) is 17.6 Å². The maximum absolute atomic E-state index is 6.02. The monoisotopic (exact) mass is 313 g/mol. The van der Waals surface area contributed by atoms with Gasteiger partial charge in [-0.1, -0.05) is 0 Å². The number of methoxy groups -OCH3 is 1. The highest BCUT2D eigenvalue weighted by molar-refractivity contribution is 5.88. The quantitative estimate of drug-likeness (QED) is 0.912. The van der Waals surface area contributed by atoms with E-state index in [-0.39, 0.29) is 0 Å². The Hall–Kier alpha value is -1.52. The standard InChI is InChI=1S/C19H27N3O/c1-12-9-18(23-2)16(14-3-6-21-19(12)14)11-22-7-4-13(5-8-22)15-10-17(15)20/h3,6,9,13,15,17,21H,4-5,7-8,10-11,20H2,1-2H3. The predicted molar refractivity (Wildman–Crippen MR) is 93.7 cm³/mol. The van der Waals surface area contributed by atoms with Crippen LogP contribution in [-0.4, -0.2) is 36.1 Å². The first kappa shape index (κ1) is 15.0. The average molecular weight is 313 g/mol. The smallest absolute Gasteiger partial charge is 0.124 e. The number of fused-ring (bicyclic) bond motifs is 1. The molecule has 4 nitrogen and oxygen atoms in total. The number of aromatic amines is 1. The van der Waals surface area contributed by atoms with Crippen molar-refractivity contribution in [1.82, 2.24) is 9.88 Å². The van der Waals surface area contributed by atoms with Gasteiger partial charge in [-0.15, -0.1) is 0 Å². The Bertz CT molecular complexity index is 700. The van der Waals surface area contributed by atoms with Crippen molar-refractivity contribution in [3.63, 3.8) is 0 Å². The van der Waals surface area contributed by atoms with Gasteiger partial charge in [-0.25, -0.2) is 0 Å². The zero-order chi connectivity index (χ0) is 16.0. The van der Waals surface area contributed by atoms with Gasteiger partial charge in [-0.05, 0) is 68.8 Å². The summed E-state index contributed by atoms with van der Waals surface area (Å²) in [7, 11) is 1.78. The van der Waals surface area contributed by atoms with Gasteiger partial charge in [0.1, 0.15) is 5.75 Å². The van der Waals surface area contributed by atoms with Gasteiger partial charge in [0, 0.05) is 35.2 Å². The molecular weight excluding hydrogens is 286 g/mol. The SMILES string of the molecule is COc1cc(C)c2[nH]ccc2c1CN1CCC(C2CC2N)CC1. The lowest BCUT2D eigenvalue weighted by Gasteiger charge is -2.32. The van der Waals surface area contributed by atoms with Crippen molar-refractivity contribution in [3.05, 3.63) is 29.5 Å². The minimum absolute atomic E-state index is 0.489. The third-order valence-electron chi connectivity index (χ3n) is 5.84. The van der Waals surface area contributed by atoms with E-state index in [4.69, 9.17) is 10.5 Å². The number of piperidine rings is 1. The van der Waals surface area contributed by atoms with E-state index in [2.05, 4.69) is 28.9 Å². The third kappa shape index (κ3) is 2.74. The third-order valence-corrected chi connectivity index (χ3v) is 5.84. The summed E-state index contributed by atoms with van der Waals surface area (Å²) in [5.74, 6) is 2.68. The predicted octanol–water partition coefficient (Wildman–Crippen LogP) is 3.04. The second-order valence-corrected chi connectivity index (χ2v) is 7.32. The molecule has 1 saturated carbocycles. The van der Waals surface area contributed by atoms with Crippen molar-refractivity contribution in [3.8, 4) is 5.75 Å². The van der Waals surface area contributed by atoms with Crippen molar-refractivity contribution in [2.75, 3.05) is 20.2 Å². The molecule has 0 bridgehead atoms. The number of nitrogens with zero attached hydrogens (tertiary/aromatic N) is 1. The fourth-order valence-electron chi connectivity index (χ4n) is 4.32. The first-order chi connectivity index (χ1) is 11.2. The minimum Gasteiger partial charge on any atom is -0.496 e. The number of hydrogen-bond acceptors (Lipinski definition) is 3. The first-order valence-corrected chi connectivity index (χ1v) is 8.79. The van der Waals surface area contributed by atoms with Gasteiger partial charge >= 0.3 is 0 Å². The molecule has 1 saturated heterocycles. The number of nitrogens with two attached hydrogens (primary N) is 1. The van der Waals surface area contributed by atoms with Gasteiger partial charge in [0.2, 0.25) is 0 Å². The number of benzene rings is 1. The van der Waals surface area contributed by atoms with Crippen LogP contribution in [0.15, 0.2) is 18.3 Å². The minimum atomic E-state index is 0.489. The summed E-state index contributed by atoms with van der Waals surface area (Å²) >= 11 is 0. The number of ether oxygens (including phenoxy) is 1. The lowest BCUT2D eigenvalue weighted by molar-refractivity contribution is 0.164. The van der Waals surface area contributed by atoms with Gasteiger partial charge in [0.15, 0.2) is 0 Å². The lowest BCUT2D eigenvalue weighted by Crippen LogP contribution is -2.34. The second-order valence-electron chi connectivity index (χ2n) is 7.32. The van der Waals surface area contributed by atoms with Crippen molar-refractivity contribution in [1.29, 1.82) is 0 Å². The Morgan fingerprint density at radius 2 is 2.09 bits per heavy atom. The molecular formula is C19H27N3O. The van der Waals surface area contributed by atoms with Crippen molar-refractivity contribution in [2.45, 2.75) is 38.8 Å². The number of aryl methyl sites for hydroxylation is 1. The van der Waals surface area contributed by atoms with Crippen LogP contribution >= 0.6 is 0 Å². The summed E-state index contributed by atoms with van der Waals surface area (Å²) in [5.41, 5.74) is 9.82. The summed E-state index contributed by atoms with van der Waals surface area (Å²) in [6.45, 7) is 5.46. The summed E-state index contributed by atoms with van der Waals surface area (Å²) in [6, 6.07) is 4.82.